The number of nitrogens with two attached hydrogens (primary N) is 1. The number of hydrogen-bond donors (Lipinski definition) is 3. The first-order valence-corrected chi connectivity index (χ1v) is 4.63. The predicted octanol–water partition coefficient (Wildman–Crippen LogP) is -0.889. The van der Waals surface area contributed by atoms with Gasteiger partial charge < -0.3 is 21.1 Å². The van der Waals surface area contributed by atoms with E-state index in [1.807, 2.05) is 0 Å². The number of aliphatic hydroxyl groups is 1. The van der Waals surface area contributed by atoms with Gasteiger partial charge in [0.15, 0.2) is 0 Å². The minimum absolute atomic E-state index is 0.0210. The molecule has 5 heteroatoms. The molecule has 0 aromatic heterocycles. The van der Waals surface area contributed by atoms with E-state index in [-0.39, 0.29) is 12.6 Å². The highest BCUT2D eigenvalue weighted by Crippen LogP contribution is 2.10. The number of nitrogens with zero attached hydrogens (tertiary/aromatic N) is 1. The summed E-state index contributed by atoms with van der Waals surface area (Å²) >= 11 is 0. The maximum atomic E-state index is 11.0. The van der Waals surface area contributed by atoms with Crippen molar-refractivity contribution in [3.8, 4) is 0 Å². The number of hydrogen-bond acceptors (Lipinski definition) is 3. The van der Waals surface area contributed by atoms with Crippen LogP contribution in [0.4, 0.5) is 4.79 Å². The number of rotatable bonds is 3. The molecule has 5 nitrogen and oxygen atoms in total. The summed E-state index contributed by atoms with van der Waals surface area (Å²) in [5, 5.41) is 12.0. The van der Waals surface area contributed by atoms with Gasteiger partial charge in [-0.3, -0.25) is 0 Å². The number of amides is 2. The van der Waals surface area contributed by atoms with E-state index in [0.717, 1.165) is 25.9 Å². The normalized spacial score (nSPS) is 18.5. The highest BCUT2D eigenvalue weighted by molar-refractivity contribution is 5.72. The van der Waals surface area contributed by atoms with Crippen LogP contribution in [0.2, 0.25) is 0 Å². The lowest BCUT2D eigenvalue weighted by atomic mass is 10.1. The fraction of sp³-hybridized carbons (Fsp3) is 0.875. The Labute approximate surface area is 77.9 Å². The minimum Gasteiger partial charge on any atom is -0.395 e. The zero-order chi connectivity index (χ0) is 9.68. The van der Waals surface area contributed by atoms with Gasteiger partial charge in [0.1, 0.15) is 0 Å². The second-order valence-electron chi connectivity index (χ2n) is 3.24. The van der Waals surface area contributed by atoms with Crippen molar-refractivity contribution in [2.75, 3.05) is 26.2 Å². The lowest BCUT2D eigenvalue weighted by Crippen LogP contribution is -2.49. The molecule has 1 fully saturated rings. The highest BCUT2D eigenvalue weighted by atomic mass is 16.3. The van der Waals surface area contributed by atoms with Gasteiger partial charge in [0.2, 0.25) is 0 Å². The number of aliphatic hydroxyl groups excluding tert-OH is 1. The summed E-state index contributed by atoms with van der Waals surface area (Å²) < 4.78 is 0. The van der Waals surface area contributed by atoms with Crippen molar-refractivity contribution in [1.82, 2.24) is 10.2 Å². The summed E-state index contributed by atoms with van der Waals surface area (Å²) in [5.74, 6) is 0. The molecule has 0 aliphatic carbocycles. The Hall–Kier alpha value is -0.810. The van der Waals surface area contributed by atoms with E-state index in [4.69, 9.17) is 10.8 Å². The molecule has 0 aromatic carbocycles. The monoisotopic (exact) mass is 187 g/mol. The van der Waals surface area contributed by atoms with Crippen molar-refractivity contribution in [3.63, 3.8) is 0 Å². The molecule has 4 N–H and O–H groups in total. The molecule has 2 amide bonds. The fourth-order valence-corrected chi connectivity index (χ4v) is 1.70. The third-order valence-electron chi connectivity index (χ3n) is 2.37. The number of primary amides is 1. The average Bonchev–Trinajstić information content (AvgIpc) is 2.15. The van der Waals surface area contributed by atoms with Crippen molar-refractivity contribution in [2.24, 2.45) is 5.73 Å². The zero-order valence-electron chi connectivity index (χ0n) is 7.70. The number of piperidine rings is 1. The van der Waals surface area contributed by atoms with Gasteiger partial charge in [0, 0.05) is 12.6 Å². The van der Waals surface area contributed by atoms with Gasteiger partial charge in [-0.25, -0.2) is 4.79 Å². The summed E-state index contributed by atoms with van der Waals surface area (Å²) in [6.45, 7) is 2.16. The summed E-state index contributed by atoms with van der Waals surface area (Å²) in [5.41, 5.74) is 5.21. The molecule has 1 saturated heterocycles. The first-order chi connectivity index (χ1) is 6.25. The topological polar surface area (TPSA) is 78.6 Å². The van der Waals surface area contributed by atoms with Gasteiger partial charge in [-0.2, -0.15) is 0 Å². The molecule has 0 atom stereocenters. The molecular weight excluding hydrogens is 170 g/mol. The van der Waals surface area contributed by atoms with E-state index < -0.39 is 6.03 Å². The lowest BCUT2D eigenvalue weighted by molar-refractivity contribution is 0.144. The van der Waals surface area contributed by atoms with Crippen molar-refractivity contribution >= 4 is 6.03 Å². The molecule has 0 unspecified atom stereocenters. The Morgan fingerprint density at radius 3 is 2.62 bits per heavy atom. The molecule has 1 heterocycles. The van der Waals surface area contributed by atoms with Crippen molar-refractivity contribution < 1.29 is 9.90 Å². The van der Waals surface area contributed by atoms with Crippen LogP contribution in [0, 0.1) is 0 Å². The maximum absolute atomic E-state index is 11.0. The molecule has 1 aliphatic heterocycles. The van der Waals surface area contributed by atoms with E-state index in [2.05, 4.69) is 5.32 Å². The number of nitrogens with one attached hydrogen (secondary N) is 1. The summed E-state index contributed by atoms with van der Waals surface area (Å²) in [6.07, 6.45) is 1.84. The first-order valence-electron chi connectivity index (χ1n) is 4.63. The quantitative estimate of drug-likeness (QED) is 0.536. The van der Waals surface area contributed by atoms with Gasteiger partial charge in [0.25, 0.3) is 0 Å². The van der Waals surface area contributed by atoms with Crippen LogP contribution in [0.3, 0.4) is 0 Å². The maximum Gasteiger partial charge on any atom is 0.315 e. The summed E-state index contributed by atoms with van der Waals surface area (Å²) in [6, 6.07) is -0.230. The Bertz CT molecular complexity index is 169. The predicted molar refractivity (Wildman–Crippen MR) is 49.3 cm³/mol. The molecule has 1 rings (SSSR count). The number of carbonyl (C=O) groups is 1. The van der Waals surface area contributed by atoms with Crippen LogP contribution in [0.25, 0.3) is 0 Å². The third-order valence-corrected chi connectivity index (χ3v) is 2.37. The van der Waals surface area contributed by atoms with Crippen LogP contribution in [-0.4, -0.2) is 48.3 Å². The van der Waals surface area contributed by atoms with Gasteiger partial charge in [0.05, 0.1) is 6.61 Å². The lowest BCUT2D eigenvalue weighted by Gasteiger charge is -2.32. The third kappa shape index (κ3) is 2.86. The molecule has 1 aliphatic rings. The SMILES string of the molecule is NC(=O)N(CCO)C1CCNCC1. The van der Waals surface area contributed by atoms with Gasteiger partial charge in [-0.05, 0) is 25.9 Å². The number of urea groups is 1. The van der Waals surface area contributed by atoms with E-state index in [1.165, 1.54) is 0 Å². The summed E-state index contributed by atoms with van der Waals surface area (Å²) in [7, 11) is 0. The molecule has 76 valence electrons. The molecule has 0 radical (unpaired) electrons. The van der Waals surface area contributed by atoms with Crippen LogP contribution in [-0.2, 0) is 0 Å². The average molecular weight is 187 g/mol. The van der Waals surface area contributed by atoms with Crippen LogP contribution in [0.1, 0.15) is 12.8 Å². The van der Waals surface area contributed by atoms with Crippen LogP contribution in [0.15, 0.2) is 0 Å². The van der Waals surface area contributed by atoms with Gasteiger partial charge >= 0.3 is 6.03 Å². The molecular formula is C8H17N3O2. The van der Waals surface area contributed by atoms with E-state index in [0.29, 0.717) is 6.54 Å². The van der Waals surface area contributed by atoms with E-state index in [9.17, 15) is 4.79 Å². The number of carbonyl (C=O) groups excluding carboxylic acids is 1. The van der Waals surface area contributed by atoms with Crippen LogP contribution in [0.5, 0.6) is 0 Å². The second-order valence-corrected chi connectivity index (χ2v) is 3.24. The zero-order valence-corrected chi connectivity index (χ0v) is 7.70. The molecule has 13 heavy (non-hydrogen) atoms. The van der Waals surface area contributed by atoms with Crippen molar-refractivity contribution in [2.45, 2.75) is 18.9 Å². The van der Waals surface area contributed by atoms with Gasteiger partial charge in [-0.1, -0.05) is 0 Å². The fourth-order valence-electron chi connectivity index (χ4n) is 1.70. The smallest absolute Gasteiger partial charge is 0.315 e. The Balaban J connectivity index is 2.46. The second kappa shape index (κ2) is 5.04. The highest BCUT2D eigenvalue weighted by Gasteiger charge is 2.22. The molecule has 0 aromatic rings. The van der Waals surface area contributed by atoms with Crippen molar-refractivity contribution in [1.29, 1.82) is 0 Å². The van der Waals surface area contributed by atoms with E-state index >= 15 is 0 Å². The standard InChI is InChI=1S/C8H17N3O2/c9-8(13)11(5-6-12)7-1-3-10-4-2-7/h7,10,12H,1-6H2,(H2,9,13). The van der Waals surface area contributed by atoms with Crippen LogP contribution < -0.4 is 11.1 Å². The van der Waals surface area contributed by atoms with Crippen LogP contribution >= 0.6 is 0 Å². The largest absolute Gasteiger partial charge is 0.395 e. The molecule has 0 saturated carbocycles. The van der Waals surface area contributed by atoms with Crippen molar-refractivity contribution in [3.05, 3.63) is 0 Å². The Morgan fingerprint density at radius 2 is 2.15 bits per heavy atom. The van der Waals surface area contributed by atoms with E-state index in [1.54, 1.807) is 4.90 Å². The van der Waals surface area contributed by atoms with Gasteiger partial charge in [-0.15, -0.1) is 0 Å². The summed E-state index contributed by atoms with van der Waals surface area (Å²) in [4.78, 5) is 12.6. The molecule has 0 spiro atoms. The first kappa shape index (κ1) is 10.3. The molecule has 0 bridgehead atoms. The Kier molecular flexibility index (Phi) is 3.98. The Morgan fingerprint density at radius 1 is 1.54 bits per heavy atom. The minimum atomic E-state index is -0.430.